The molecule has 0 aromatic heterocycles. The second-order valence-electron chi connectivity index (χ2n) is 8.12. The highest BCUT2D eigenvalue weighted by atomic mass is 16.6. The molecule has 1 rings (SSSR count). The first-order chi connectivity index (χ1) is 10.7. The quantitative estimate of drug-likeness (QED) is 0.636. The summed E-state index contributed by atoms with van der Waals surface area (Å²) in [4.78, 5) is 11.6. The maximum atomic E-state index is 11.6. The summed E-state index contributed by atoms with van der Waals surface area (Å²) in [6.45, 7) is 10.4. The summed E-state index contributed by atoms with van der Waals surface area (Å²) in [7, 11) is 1.74. The lowest BCUT2D eigenvalue weighted by Crippen LogP contribution is -2.40. The number of hydrogen-bond donors (Lipinski definition) is 2. The Balaban J connectivity index is 2.21. The Labute approximate surface area is 141 Å². The van der Waals surface area contributed by atoms with Gasteiger partial charge in [0.05, 0.1) is 6.61 Å². The zero-order valence-corrected chi connectivity index (χ0v) is 15.7. The number of methoxy groups -OCH3 is 1. The number of alkyl carbamates (subject to hydrolysis) is 1. The molecule has 0 radical (unpaired) electrons. The molecule has 0 aliphatic heterocycles. The van der Waals surface area contributed by atoms with Crippen LogP contribution >= 0.6 is 0 Å². The molecule has 1 aliphatic rings. The van der Waals surface area contributed by atoms with Crippen LogP contribution < -0.4 is 10.6 Å². The van der Waals surface area contributed by atoms with Crippen molar-refractivity contribution >= 4 is 6.09 Å². The first-order valence-electron chi connectivity index (χ1n) is 8.93. The normalized spacial score (nSPS) is 18.7. The van der Waals surface area contributed by atoms with E-state index in [4.69, 9.17) is 9.47 Å². The molecule has 1 atom stereocenters. The smallest absolute Gasteiger partial charge is 0.407 e. The zero-order chi connectivity index (χ0) is 17.3. The average molecular weight is 328 g/mol. The van der Waals surface area contributed by atoms with Gasteiger partial charge in [-0.25, -0.2) is 4.79 Å². The van der Waals surface area contributed by atoms with E-state index >= 15 is 0 Å². The van der Waals surface area contributed by atoms with Crippen molar-refractivity contribution in [2.45, 2.75) is 77.9 Å². The van der Waals surface area contributed by atoms with E-state index < -0.39 is 5.60 Å². The molecule has 2 N–H and O–H groups in total. The van der Waals surface area contributed by atoms with Gasteiger partial charge < -0.3 is 20.1 Å². The lowest BCUT2D eigenvalue weighted by Gasteiger charge is -2.27. The Kier molecular flexibility index (Phi) is 8.34. The number of carbonyl (C=O) groups is 1. The third kappa shape index (κ3) is 9.16. The summed E-state index contributed by atoms with van der Waals surface area (Å²) in [6.07, 6.45) is 6.91. The second-order valence-corrected chi connectivity index (χ2v) is 8.12. The van der Waals surface area contributed by atoms with Crippen LogP contribution in [0.15, 0.2) is 0 Å². The predicted octanol–water partition coefficient (Wildman–Crippen LogP) is 3.48. The fourth-order valence-electron chi connectivity index (χ4n) is 3.09. The molecule has 0 aromatic rings. The van der Waals surface area contributed by atoms with E-state index in [-0.39, 0.29) is 6.09 Å². The highest BCUT2D eigenvalue weighted by Gasteiger charge is 2.28. The Morgan fingerprint density at radius 3 is 2.48 bits per heavy atom. The predicted molar refractivity (Wildman–Crippen MR) is 93.7 cm³/mol. The molecule has 5 heteroatoms. The molecule has 1 unspecified atom stereocenters. The van der Waals surface area contributed by atoms with Crippen molar-refractivity contribution in [3.05, 3.63) is 0 Å². The van der Waals surface area contributed by atoms with Crippen LogP contribution in [-0.4, -0.2) is 44.5 Å². The highest BCUT2D eigenvalue weighted by Crippen LogP contribution is 2.36. The molecular weight excluding hydrogens is 292 g/mol. The van der Waals surface area contributed by atoms with Crippen molar-refractivity contribution in [3.8, 4) is 0 Å². The van der Waals surface area contributed by atoms with Gasteiger partial charge in [0.25, 0.3) is 0 Å². The molecule has 1 aliphatic carbocycles. The summed E-state index contributed by atoms with van der Waals surface area (Å²) in [6, 6.07) is 0.345. The molecule has 1 saturated carbocycles. The minimum absolute atomic E-state index is 0.341. The summed E-state index contributed by atoms with van der Waals surface area (Å²) in [5.74, 6) is 0. The van der Waals surface area contributed by atoms with Crippen molar-refractivity contribution in [1.29, 1.82) is 0 Å². The zero-order valence-electron chi connectivity index (χ0n) is 15.7. The lowest BCUT2D eigenvalue weighted by molar-refractivity contribution is 0.0526. The maximum absolute atomic E-state index is 11.6. The van der Waals surface area contributed by atoms with E-state index in [9.17, 15) is 4.79 Å². The van der Waals surface area contributed by atoms with Crippen molar-refractivity contribution in [3.63, 3.8) is 0 Å². The van der Waals surface area contributed by atoms with E-state index in [1.807, 2.05) is 20.8 Å². The minimum atomic E-state index is -0.444. The number of hydrogen-bond acceptors (Lipinski definition) is 4. The summed E-state index contributed by atoms with van der Waals surface area (Å²) >= 11 is 0. The van der Waals surface area contributed by atoms with Gasteiger partial charge in [-0.3, -0.25) is 0 Å². The van der Waals surface area contributed by atoms with E-state index in [1.54, 1.807) is 7.11 Å². The summed E-state index contributed by atoms with van der Waals surface area (Å²) in [5, 5.41) is 6.47. The number of rotatable bonds is 9. The van der Waals surface area contributed by atoms with E-state index in [2.05, 4.69) is 17.6 Å². The number of amides is 1. The summed E-state index contributed by atoms with van der Waals surface area (Å²) in [5.41, 5.74) is 0.00169. The van der Waals surface area contributed by atoms with Gasteiger partial charge in [-0.05, 0) is 51.9 Å². The SMILES string of the molecule is COCC(CCCNC(=O)OC(C)(C)C)NCC1(C)CCCC1. The summed E-state index contributed by atoms with van der Waals surface area (Å²) < 4.78 is 10.6. The lowest BCUT2D eigenvalue weighted by atomic mass is 9.88. The van der Waals surface area contributed by atoms with E-state index in [0.29, 0.717) is 24.6 Å². The van der Waals surface area contributed by atoms with Gasteiger partial charge in [-0.1, -0.05) is 19.8 Å². The van der Waals surface area contributed by atoms with Crippen LogP contribution in [0.25, 0.3) is 0 Å². The van der Waals surface area contributed by atoms with Gasteiger partial charge in [-0.2, -0.15) is 0 Å². The number of nitrogens with one attached hydrogen (secondary N) is 2. The third-order valence-corrected chi connectivity index (χ3v) is 4.39. The first kappa shape index (κ1) is 20.2. The largest absolute Gasteiger partial charge is 0.444 e. The van der Waals surface area contributed by atoms with Crippen LogP contribution in [0.2, 0.25) is 0 Å². The Hall–Kier alpha value is -0.810. The number of ether oxygens (including phenoxy) is 2. The Morgan fingerprint density at radius 1 is 1.26 bits per heavy atom. The molecule has 0 heterocycles. The molecular formula is C18H36N2O3. The third-order valence-electron chi connectivity index (χ3n) is 4.39. The molecule has 0 saturated heterocycles. The Morgan fingerprint density at radius 2 is 1.91 bits per heavy atom. The molecule has 0 spiro atoms. The molecule has 5 nitrogen and oxygen atoms in total. The number of carbonyl (C=O) groups excluding carboxylic acids is 1. The van der Waals surface area contributed by atoms with E-state index in [0.717, 1.165) is 19.4 Å². The second kappa shape index (κ2) is 9.48. The maximum Gasteiger partial charge on any atom is 0.407 e. The molecule has 23 heavy (non-hydrogen) atoms. The monoisotopic (exact) mass is 328 g/mol. The van der Waals surface area contributed by atoms with Gasteiger partial charge in [0.15, 0.2) is 0 Å². The van der Waals surface area contributed by atoms with Crippen LogP contribution in [0.4, 0.5) is 4.79 Å². The first-order valence-corrected chi connectivity index (χ1v) is 8.93. The van der Waals surface area contributed by atoms with Crippen LogP contribution in [0, 0.1) is 5.41 Å². The topological polar surface area (TPSA) is 59.6 Å². The van der Waals surface area contributed by atoms with Crippen LogP contribution in [-0.2, 0) is 9.47 Å². The van der Waals surface area contributed by atoms with Gasteiger partial charge in [0, 0.05) is 26.2 Å². The van der Waals surface area contributed by atoms with Gasteiger partial charge in [0.2, 0.25) is 0 Å². The highest BCUT2D eigenvalue weighted by molar-refractivity contribution is 5.67. The van der Waals surface area contributed by atoms with Crippen LogP contribution in [0.3, 0.4) is 0 Å². The van der Waals surface area contributed by atoms with Crippen molar-refractivity contribution in [2.24, 2.45) is 5.41 Å². The van der Waals surface area contributed by atoms with Crippen LogP contribution in [0.5, 0.6) is 0 Å². The average Bonchev–Trinajstić information content (AvgIpc) is 2.86. The molecule has 0 aromatic carbocycles. The molecule has 136 valence electrons. The molecule has 1 amide bonds. The van der Waals surface area contributed by atoms with Gasteiger partial charge in [0.1, 0.15) is 5.60 Å². The van der Waals surface area contributed by atoms with Gasteiger partial charge in [-0.15, -0.1) is 0 Å². The van der Waals surface area contributed by atoms with Gasteiger partial charge >= 0.3 is 6.09 Å². The molecule has 1 fully saturated rings. The minimum Gasteiger partial charge on any atom is -0.444 e. The Bertz CT molecular complexity index is 347. The van der Waals surface area contributed by atoms with E-state index in [1.165, 1.54) is 25.7 Å². The van der Waals surface area contributed by atoms with Crippen molar-refractivity contribution in [2.75, 3.05) is 26.8 Å². The fourth-order valence-corrected chi connectivity index (χ4v) is 3.09. The van der Waals surface area contributed by atoms with Crippen LogP contribution in [0.1, 0.15) is 66.2 Å². The van der Waals surface area contributed by atoms with Crippen molar-refractivity contribution in [1.82, 2.24) is 10.6 Å². The standard InChI is InChI=1S/C18H36N2O3/c1-17(2,3)23-16(21)19-12-8-9-15(13-22-5)20-14-18(4)10-6-7-11-18/h15,20H,6-14H2,1-5H3,(H,19,21). The van der Waals surface area contributed by atoms with Crippen molar-refractivity contribution < 1.29 is 14.3 Å². The molecule has 0 bridgehead atoms. The fraction of sp³-hybridized carbons (Fsp3) is 0.944.